The molecule has 2 rings (SSSR count). The van der Waals surface area contributed by atoms with Crippen LogP contribution in [0.2, 0.25) is 0 Å². The largest absolute Gasteiger partial charge is 0.380 e. The van der Waals surface area contributed by atoms with Gasteiger partial charge in [0.25, 0.3) is 5.91 Å². The van der Waals surface area contributed by atoms with Crippen molar-refractivity contribution < 1.29 is 4.79 Å². The van der Waals surface area contributed by atoms with Crippen LogP contribution in [0.25, 0.3) is 0 Å². The summed E-state index contributed by atoms with van der Waals surface area (Å²) >= 11 is 1.75. The molecule has 0 saturated carbocycles. The second kappa shape index (κ2) is 6.33. The molecule has 2 aromatic heterocycles. The predicted octanol–water partition coefficient (Wildman–Crippen LogP) is 2.68. The second-order valence-electron chi connectivity index (χ2n) is 4.09. The molecule has 0 saturated heterocycles. The summed E-state index contributed by atoms with van der Waals surface area (Å²) in [6, 6.07) is 5.79. The fraction of sp³-hybridized carbons (Fsp3) is 0.286. The molecule has 2 aromatic rings. The number of nitrogens with one attached hydrogen (secondary N) is 2. The van der Waals surface area contributed by atoms with Gasteiger partial charge in [0.05, 0.1) is 0 Å². The predicted molar refractivity (Wildman–Crippen MR) is 78.7 cm³/mol. The Kier molecular flexibility index (Phi) is 4.52. The lowest BCUT2D eigenvalue weighted by Crippen LogP contribution is -2.19. The average molecular weight is 275 g/mol. The fourth-order valence-electron chi connectivity index (χ4n) is 1.81. The molecule has 0 spiro atoms. The van der Waals surface area contributed by atoms with Crippen molar-refractivity contribution in [2.24, 2.45) is 0 Å². The van der Waals surface area contributed by atoms with Gasteiger partial charge in [-0.2, -0.15) is 0 Å². The number of amides is 1. The number of rotatable bonds is 5. The van der Waals surface area contributed by atoms with E-state index >= 15 is 0 Å². The Labute approximate surface area is 116 Å². The van der Waals surface area contributed by atoms with Crippen LogP contribution in [-0.2, 0) is 13.0 Å². The zero-order valence-corrected chi connectivity index (χ0v) is 11.9. The molecule has 0 unspecified atom stereocenters. The first-order valence-electron chi connectivity index (χ1n) is 6.21. The molecule has 0 fully saturated rings. The van der Waals surface area contributed by atoms with E-state index in [4.69, 9.17) is 0 Å². The first-order valence-corrected chi connectivity index (χ1v) is 7.09. The second-order valence-corrected chi connectivity index (χ2v) is 5.09. The van der Waals surface area contributed by atoms with Crippen LogP contribution in [0.1, 0.15) is 27.9 Å². The monoisotopic (exact) mass is 275 g/mol. The third-order valence-corrected chi connectivity index (χ3v) is 3.85. The Bertz CT molecular complexity index is 565. The summed E-state index contributed by atoms with van der Waals surface area (Å²) in [4.78, 5) is 16.9. The maximum Gasteiger partial charge on any atom is 0.269 e. The molecule has 0 atom stereocenters. The van der Waals surface area contributed by atoms with Gasteiger partial charge in [-0.3, -0.25) is 9.78 Å². The SMILES string of the molecule is CCc1ccsc1CNc1ccnc(C(=O)NC)c1. The summed E-state index contributed by atoms with van der Waals surface area (Å²) in [5, 5.41) is 8.01. The smallest absolute Gasteiger partial charge is 0.269 e. The standard InChI is InChI=1S/C14H17N3OS/c1-3-10-5-7-19-13(10)9-17-11-4-6-16-12(8-11)14(18)15-2/h4-8H,3,9H2,1-2H3,(H,15,18)(H,16,17). The van der Waals surface area contributed by atoms with Crippen molar-refractivity contribution in [1.29, 1.82) is 0 Å². The number of hydrogen-bond acceptors (Lipinski definition) is 4. The number of anilines is 1. The number of thiophene rings is 1. The van der Waals surface area contributed by atoms with E-state index in [2.05, 4.69) is 34.0 Å². The van der Waals surface area contributed by atoms with E-state index in [0.717, 1.165) is 18.7 Å². The number of carbonyl (C=O) groups excluding carboxylic acids is 1. The van der Waals surface area contributed by atoms with Gasteiger partial charge in [-0.05, 0) is 35.6 Å². The van der Waals surface area contributed by atoms with Gasteiger partial charge in [0.2, 0.25) is 0 Å². The Morgan fingerprint density at radius 3 is 3.00 bits per heavy atom. The Morgan fingerprint density at radius 1 is 1.42 bits per heavy atom. The van der Waals surface area contributed by atoms with E-state index in [1.165, 1.54) is 10.4 Å². The van der Waals surface area contributed by atoms with Gasteiger partial charge in [-0.1, -0.05) is 6.92 Å². The van der Waals surface area contributed by atoms with Gasteiger partial charge in [-0.25, -0.2) is 0 Å². The van der Waals surface area contributed by atoms with Crippen molar-refractivity contribution in [3.05, 3.63) is 45.9 Å². The van der Waals surface area contributed by atoms with Crippen LogP contribution in [0, 0.1) is 0 Å². The van der Waals surface area contributed by atoms with Crippen LogP contribution in [0.15, 0.2) is 29.8 Å². The van der Waals surface area contributed by atoms with Gasteiger partial charge < -0.3 is 10.6 Å². The van der Waals surface area contributed by atoms with Crippen LogP contribution in [0.3, 0.4) is 0 Å². The molecule has 0 aromatic carbocycles. The summed E-state index contributed by atoms with van der Waals surface area (Å²) in [6.45, 7) is 2.93. The molecule has 1 amide bonds. The number of hydrogen-bond donors (Lipinski definition) is 2. The highest BCUT2D eigenvalue weighted by molar-refractivity contribution is 7.10. The number of aryl methyl sites for hydroxylation is 1. The summed E-state index contributed by atoms with van der Waals surface area (Å²) < 4.78 is 0. The van der Waals surface area contributed by atoms with Gasteiger partial charge in [-0.15, -0.1) is 11.3 Å². The minimum absolute atomic E-state index is 0.172. The maximum absolute atomic E-state index is 11.5. The first-order chi connectivity index (χ1) is 9.24. The van der Waals surface area contributed by atoms with Crippen LogP contribution in [0.4, 0.5) is 5.69 Å². The molecular formula is C14H17N3OS. The van der Waals surface area contributed by atoms with Crippen molar-refractivity contribution in [2.75, 3.05) is 12.4 Å². The van der Waals surface area contributed by atoms with Gasteiger partial charge in [0.15, 0.2) is 0 Å². The first kappa shape index (κ1) is 13.5. The van der Waals surface area contributed by atoms with Crippen LogP contribution < -0.4 is 10.6 Å². The van der Waals surface area contributed by atoms with E-state index in [1.54, 1.807) is 30.6 Å². The average Bonchev–Trinajstić information content (AvgIpc) is 2.92. The van der Waals surface area contributed by atoms with Gasteiger partial charge in [0, 0.05) is 30.4 Å². The number of carbonyl (C=O) groups is 1. The minimum atomic E-state index is -0.172. The lowest BCUT2D eigenvalue weighted by molar-refractivity contribution is 0.0958. The van der Waals surface area contributed by atoms with Crippen LogP contribution in [0.5, 0.6) is 0 Å². The lowest BCUT2D eigenvalue weighted by Gasteiger charge is -2.07. The minimum Gasteiger partial charge on any atom is -0.380 e. The van der Waals surface area contributed by atoms with Crippen molar-refractivity contribution in [3.8, 4) is 0 Å². The van der Waals surface area contributed by atoms with Crippen molar-refractivity contribution in [1.82, 2.24) is 10.3 Å². The zero-order chi connectivity index (χ0) is 13.7. The van der Waals surface area contributed by atoms with Crippen molar-refractivity contribution in [3.63, 3.8) is 0 Å². The third kappa shape index (κ3) is 3.32. The van der Waals surface area contributed by atoms with Gasteiger partial charge >= 0.3 is 0 Å². The highest BCUT2D eigenvalue weighted by atomic mass is 32.1. The van der Waals surface area contributed by atoms with E-state index in [0.29, 0.717) is 5.69 Å². The molecule has 0 aliphatic carbocycles. The van der Waals surface area contributed by atoms with E-state index < -0.39 is 0 Å². The topological polar surface area (TPSA) is 54.0 Å². The third-order valence-electron chi connectivity index (χ3n) is 2.89. The molecule has 100 valence electrons. The van der Waals surface area contributed by atoms with E-state index in [9.17, 15) is 4.79 Å². The summed E-state index contributed by atoms with van der Waals surface area (Å²) in [7, 11) is 1.60. The number of pyridine rings is 1. The highest BCUT2D eigenvalue weighted by Crippen LogP contribution is 2.19. The molecule has 4 nitrogen and oxygen atoms in total. The van der Waals surface area contributed by atoms with E-state index in [-0.39, 0.29) is 5.91 Å². The molecule has 0 aliphatic rings. The highest BCUT2D eigenvalue weighted by Gasteiger charge is 2.06. The fourth-order valence-corrected chi connectivity index (χ4v) is 2.73. The zero-order valence-electron chi connectivity index (χ0n) is 11.1. The molecule has 0 aliphatic heterocycles. The molecule has 0 bridgehead atoms. The Balaban J connectivity index is 2.05. The van der Waals surface area contributed by atoms with Crippen molar-refractivity contribution >= 4 is 22.9 Å². The summed E-state index contributed by atoms with van der Waals surface area (Å²) in [5.41, 5.74) is 2.71. The maximum atomic E-state index is 11.5. The lowest BCUT2D eigenvalue weighted by atomic mass is 10.2. The van der Waals surface area contributed by atoms with Crippen LogP contribution in [-0.4, -0.2) is 17.9 Å². The molecule has 2 heterocycles. The quantitative estimate of drug-likeness (QED) is 0.882. The van der Waals surface area contributed by atoms with Gasteiger partial charge in [0.1, 0.15) is 5.69 Å². The Morgan fingerprint density at radius 2 is 2.26 bits per heavy atom. The molecule has 19 heavy (non-hydrogen) atoms. The normalized spacial score (nSPS) is 10.2. The van der Waals surface area contributed by atoms with E-state index in [1.807, 2.05) is 6.07 Å². The Hall–Kier alpha value is -1.88. The molecule has 0 radical (unpaired) electrons. The van der Waals surface area contributed by atoms with Crippen LogP contribution >= 0.6 is 11.3 Å². The molecule has 5 heteroatoms. The number of aromatic nitrogens is 1. The summed E-state index contributed by atoms with van der Waals surface area (Å²) in [6.07, 6.45) is 2.68. The molecule has 2 N–H and O–H groups in total. The number of nitrogens with zero attached hydrogens (tertiary/aromatic N) is 1. The summed E-state index contributed by atoms with van der Waals surface area (Å²) in [5.74, 6) is -0.172. The molecular weight excluding hydrogens is 258 g/mol. The van der Waals surface area contributed by atoms with Crippen molar-refractivity contribution in [2.45, 2.75) is 19.9 Å².